The molecule has 82 valence electrons. The van der Waals surface area contributed by atoms with Crippen LogP contribution >= 0.6 is 11.8 Å². The van der Waals surface area contributed by atoms with E-state index in [4.69, 9.17) is 5.11 Å². The van der Waals surface area contributed by atoms with Crippen molar-refractivity contribution in [1.29, 1.82) is 0 Å². The van der Waals surface area contributed by atoms with Gasteiger partial charge in [-0.05, 0) is 30.5 Å². The number of nitrogens with one attached hydrogen (secondary N) is 1. The van der Waals surface area contributed by atoms with E-state index in [1.165, 1.54) is 23.3 Å². The number of benzene rings is 1. The van der Waals surface area contributed by atoms with Crippen LogP contribution in [0.15, 0.2) is 29.2 Å². The highest BCUT2D eigenvalue weighted by Crippen LogP contribution is 2.20. The van der Waals surface area contributed by atoms with Crippen molar-refractivity contribution in [2.75, 3.05) is 12.4 Å². The first-order valence-corrected chi connectivity index (χ1v) is 6.43. The average molecular weight is 223 g/mol. The minimum atomic E-state index is 0.246. The van der Waals surface area contributed by atoms with Crippen LogP contribution in [0.25, 0.3) is 0 Å². The van der Waals surface area contributed by atoms with E-state index in [1.807, 2.05) is 0 Å². The van der Waals surface area contributed by atoms with Gasteiger partial charge in [0.15, 0.2) is 0 Å². The summed E-state index contributed by atoms with van der Waals surface area (Å²) in [4.78, 5) is 1.24. The molecular weight excluding hydrogens is 206 g/mol. The second kappa shape index (κ2) is 5.54. The van der Waals surface area contributed by atoms with Gasteiger partial charge in [0, 0.05) is 23.2 Å². The third-order valence-electron chi connectivity index (χ3n) is 2.46. The van der Waals surface area contributed by atoms with E-state index in [1.54, 1.807) is 11.8 Å². The van der Waals surface area contributed by atoms with Crippen molar-refractivity contribution in [3.63, 3.8) is 0 Å². The molecule has 0 heterocycles. The molecule has 0 saturated heterocycles. The second-order valence-corrected chi connectivity index (χ2v) is 5.04. The monoisotopic (exact) mass is 223 g/mol. The Morgan fingerprint density at radius 2 is 2.00 bits per heavy atom. The van der Waals surface area contributed by atoms with Crippen molar-refractivity contribution in [2.24, 2.45) is 0 Å². The van der Waals surface area contributed by atoms with Crippen molar-refractivity contribution >= 4 is 11.8 Å². The summed E-state index contributed by atoms with van der Waals surface area (Å²) in [5.74, 6) is 0.777. The maximum absolute atomic E-state index is 8.70. The molecule has 1 aromatic carbocycles. The number of thioether (sulfide) groups is 1. The van der Waals surface area contributed by atoms with Crippen molar-refractivity contribution in [3.8, 4) is 0 Å². The summed E-state index contributed by atoms with van der Waals surface area (Å²) in [6, 6.07) is 9.35. The van der Waals surface area contributed by atoms with Crippen LogP contribution in [0.2, 0.25) is 0 Å². The Bertz CT molecular complexity index is 295. The van der Waals surface area contributed by atoms with Crippen LogP contribution in [0.1, 0.15) is 18.4 Å². The molecule has 2 nitrogen and oxygen atoms in total. The first-order chi connectivity index (χ1) is 7.38. The predicted molar refractivity (Wildman–Crippen MR) is 64.1 cm³/mol. The van der Waals surface area contributed by atoms with Gasteiger partial charge < -0.3 is 10.4 Å². The molecule has 1 aromatic rings. The van der Waals surface area contributed by atoms with Crippen LogP contribution in [-0.2, 0) is 6.54 Å². The molecule has 15 heavy (non-hydrogen) atoms. The van der Waals surface area contributed by atoms with E-state index in [-0.39, 0.29) is 6.61 Å². The van der Waals surface area contributed by atoms with Gasteiger partial charge in [-0.25, -0.2) is 0 Å². The molecule has 0 unspecified atom stereocenters. The van der Waals surface area contributed by atoms with Gasteiger partial charge in [0.05, 0.1) is 6.61 Å². The lowest BCUT2D eigenvalue weighted by Crippen LogP contribution is -2.14. The zero-order valence-electron chi connectivity index (χ0n) is 8.78. The van der Waals surface area contributed by atoms with Gasteiger partial charge in [-0.3, -0.25) is 0 Å². The van der Waals surface area contributed by atoms with Gasteiger partial charge in [-0.1, -0.05) is 12.1 Å². The Morgan fingerprint density at radius 1 is 1.27 bits per heavy atom. The summed E-state index contributed by atoms with van der Waals surface area (Å²) in [7, 11) is 0. The molecule has 0 spiro atoms. The van der Waals surface area contributed by atoms with Gasteiger partial charge >= 0.3 is 0 Å². The van der Waals surface area contributed by atoms with Crippen LogP contribution in [0.5, 0.6) is 0 Å². The third kappa shape index (κ3) is 3.86. The Hall–Kier alpha value is -0.510. The molecule has 1 saturated carbocycles. The molecule has 1 aliphatic carbocycles. The highest BCUT2D eigenvalue weighted by molar-refractivity contribution is 7.99. The fraction of sp³-hybridized carbons (Fsp3) is 0.500. The molecule has 0 aliphatic heterocycles. The summed E-state index contributed by atoms with van der Waals surface area (Å²) in [6.45, 7) is 1.23. The molecule has 0 radical (unpaired) electrons. The molecule has 2 rings (SSSR count). The lowest BCUT2D eigenvalue weighted by molar-refractivity contribution is 0.322. The van der Waals surface area contributed by atoms with Crippen LogP contribution in [-0.4, -0.2) is 23.5 Å². The highest BCUT2D eigenvalue weighted by Gasteiger charge is 2.19. The first-order valence-electron chi connectivity index (χ1n) is 5.44. The lowest BCUT2D eigenvalue weighted by atomic mass is 10.2. The smallest absolute Gasteiger partial charge is 0.0525 e. The lowest BCUT2D eigenvalue weighted by Gasteiger charge is -2.04. The van der Waals surface area contributed by atoms with E-state index in [0.29, 0.717) is 0 Å². The number of aliphatic hydroxyl groups excluding tert-OH is 1. The average Bonchev–Trinajstić information content (AvgIpc) is 3.09. The Labute approximate surface area is 95.1 Å². The van der Waals surface area contributed by atoms with Gasteiger partial charge in [0.2, 0.25) is 0 Å². The minimum absolute atomic E-state index is 0.246. The number of aliphatic hydroxyl groups is 1. The molecule has 1 aliphatic rings. The molecular formula is C12H17NOS. The molecule has 0 atom stereocenters. The predicted octanol–water partition coefficient (Wildman–Crippen LogP) is 2.02. The maximum atomic E-state index is 8.70. The minimum Gasteiger partial charge on any atom is -0.396 e. The zero-order chi connectivity index (χ0) is 10.5. The second-order valence-electron chi connectivity index (χ2n) is 3.87. The highest BCUT2D eigenvalue weighted by atomic mass is 32.2. The van der Waals surface area contributed by atoms with Crippen LogP contribution in [0.3, 0.4) is 0 Å². The SMILES string of the molecule is OCCSc1ccc(CNC2CC2)cc1. The maximum Gasteiger partial charge on any atom is 0.0525 e. The van der Waals surface area contributed by atoms with E-state index in [2.05, 4.69) is 29.6 Å². The molecule has 0 amide bonds. The molecule has 0 aromatic heterocycles. The third-order valence-corrected chi connectivity index (χ3v) is 3.45. The summed E-state index contributed by atoms with van der Waals surface area (Å²) < 4.78 is 0. The summed E-state index contributed by atoms with van der Waals surface area (Å²) in [5, 5.41) is 12.2. The van der Waals surface area contributed by atoms with E-state index >= 15 is 0 Å². The van der Waals surface area contributed by atoms with Gasteiger partial charge in [0.1, 0.15) is 0 Å². The fourth-order valence-electron chi connectivity index (χ4n) is 1.42. The zero-order valence-corrected chi connectivity index (χ0v) is 9.59. The molecule has 3 heteroatoms. The van der Waals surface area contributed by atoms with Gasteiger partial charge in [-0.2, -0.15) is 0 Å². The number of hydrogen-bond donors (Lipinski definition) is 2. The topological polar surface area (TPSA) is 32.3 Å². The molecule has 1 fully saturated rings. The largest absolute Gasteiger partial charge is 0.396 e. The quantitative estimate of drug-likeness (QED) is 0.724. The van der Waals surface area contributed by atoms with Gasteiger partial charge in [0.25, 0.3) is 0 Å². The summed E-state index contributed by atoms with van der Waals surface area (Å²) >= 11 is 1.70. The van der Waals surface area contributed by atoms with Crippen LogP contribution in [0, 0.1) is 0 Å². The van der Waals surface area contributed by atoms with Crippen molar-refractivity contribution in [2.45, 2.75) is 30.3 Å². The van der Waals surface area contributed by atoms with E-state index in [9.17, 15) is 0 Å². The number of rotatable bonds is 6. The van der Waals surface area contributed by atoms with Crippen molar-refractivity contribution in [3.05, 3.63) is 29.8 Å². The van der Waals surface area contributed by atoms with Crippen molar-refractivity contribution < 1.29 is 5.11 Å². The summed E-state index contributed by atoms with van der Waals surface area (Å²) in [5.41, 5.74) is 1.34. The van der Waals surface area contributed by atoms with E-state index in [0.717, 1.165) is 18.3 Å². The van der Waals surface area contributed by atoms with E-state index < -0.39 is 0 Å². The Balaban J connectivity index is 1.79. The first kappa shape index (κ1) is 11.0. The standard InChI is InChI=1S/C12H17NOS/c14-7-8-15-12-5-1-10(2-6-12)9-13-11-3-4-11/h1-2,5-6,11,13-14H,3-4,7-9H2. The van der Waals surface area contributed by atoms with Crippen molar-refractivity contribution in [1.82, 2.24) is 5.32 Å². The summed E-state index contributed by atoms with van der Waals surface area (Å²) in [6.07, 6.45) is 2.68. The molecule has 2 N–H and O–H groups in total. The van der Waals surface area contributed by atoms with Gasteiger partial charge in [-0.15, -0.1) is 11.8 Å². The molecule has 0 bridgehead atoms. The Morgan fingerprint density at radius 3 is 2.60 bits per heavy atom. The normalized spacial score (nSPS) is 15.5. The van der Waals surface area contributed by atoms with Crippen LogP contribution in [0.4, 0.5) is 0 Å². The number of hydrogen-bond acceptors (Lipinski definition) is 3. The van der Waals surface area contributed by atoms with Crippen LogP contribution < -0.4 is 5.32 Å². The fourth-order valence-corrected chi connectivity index (χ4v) is 2.07. The Kier molecular flexibility index (Phi) is 4.06.